The first-order valence-corrected chi connectivity index (χ1v) is 7.82. The summed E-state index contributed by atoms with van der Waals surface area (Å²) in [7, 11) is 0. The molecule has 0 bridgehead atoms. The highest BCUT2D eigenvalue weighted by Crippen LogP contribution is 2.30. The Labute approximate surface area is 144 Å². The Balaban J connectivity index is 1.91. The van der Waals surface area contributed by atoms with Gasteiger partial charge in [0.05, 0.1) is 18.7 Å². The monoisotopic (exact) mass is 352 g/mol. The summed E-state index contributed by atoms with van der Waals surface area (Å²) >= 11 is 0. The van der Waals surface area contributed by atoms with Crippen molar-refractivity contribution in [1.29, 1.82) is 0 Å². The molecular formula is C18H19F3N2O2. The van der Waals surface area contributed by atoms with Crippen LogP contribution in [-0.2, 0) is 11.0 Å². The lowest BCUT2D eigenvalue weighted by atomic mass is 10.2. The molecule has 25 heavy (non-hydrogen) atoms. The Kier molecular flexibility index (Phi) is 6.27. The summed E-state index contributed by atoms with van der Waals surface area (Å²) < 4.78 is 43.5. The van der Waals surface area contributed by atoms with Crippen molar-refractivity contribution in [3.05, 3.63) is 54.1 Å². The predicted molar refractivity (Wildman–Crippen MR) is 90.8 cm³/mol. The van der Waals surface area contributed by atoms with E-state index in [0.29, 0.717) is 18.0 Å². The van der Waals surface area contributed by atoms with Crippen molar-refractivity contribution in [2.75, 3.05) is 23.8 Å². The van der Waals surface area contributed by atoms with E-state index in [-0.39, 0.29) is 12.2 Å². The molecule has 0 aliphatic carbocycles. The molecule has 0 saturated heterocycles. The minimum atomic E-state index is -4.45. The average molecular weight is 352 g/mol. The number of carbonyl (C=O) groups excluding carboxylic acids is 1. The molecule has 7 heteroatoms. The van der Waals surface area contributed by atoms with Gasteiger partial charge < -0.3 is 15.4 Å². The van der Waals surface area contributed by atoms with E-state index in [1.54, 1.807) is 18.2 Å². The van der Waals surface area contributed by atoms with Crippen molar-refractivity contribution >= 4 is 17.3 Å². The summed E-state index contributed by atoms with van der Waals surface area (Å²) in [4.78, 5) is 11.9. The lowest BCUT2D eigenvalue weighted by Gasteiger charge is -2.11. The van der Waals surface area contributed by atoms with Crippen molar-refractivity contribution in [2.45, 2.75) is 19.5 Å². The zero-order valence-corrected chi connectivity index (χ0v) is 13.7. The molecule has 2 aromatic rings. The first-order valence-electron chi connectivity index (χ1n) is 7.82. The molecule has 0 atom stereocenters. The summed E-state index contributed by atoms with van der Waals surface area (Å²) in [5.41, 5.74) is -0.0199. The highest BCUT2D eigenvalue weighted by atomic mass is 19.4. The van der Waals surface area contributed by atoms with E-state index < -0.39 is 17.6 Å². The fourth-order valence-electron chi connectivity index (χ4n) is 2.08. The summed E-state index contributed by atoms with van der Waals surface area (Å²) in [6.07, 6.45) is -3.56. The Morgan fingerprint density at radius 1 is 1.08 bits per heavy atom. The van der Waals surface area contributed by atoms with E-state index in [1.807, 2.05) is 13.0 Å². The van der Waals surface area contributed by atoms with Crippen LogP contribution in [0.3, 0.4) is 0 Å². The molecule has 0 unspecified atom stereocenters. The van der Waals surface area contributed by atoms with E-state index in [1.165, 1.54) is 12.1 Å². The number of anilines is 2. The number of hydrogen-bond donors (Lipinski definition) is 2. The number of benzene rings is 2. The maximum atomic E-state index is 12.7. The Morgan fingerprint density at radius 2 is 1.80 bits per heavy atom. The fraction of sp³-hybridized carbons (Fsp3) is 0.278. The number of amides is 1. The molecule has 0 aliphatic heterocycles. The molecule has 2 N–H and O–H groups in total. The van der Waals surface area contributed by atoms with E-state index in [4.69, 9.17) is 4.74 Å². The van der Waals surface area contributed by atoms with Gasteiger partial charge in [0.25, 0.3) is 0 Å². The largest absolute Gasteiger partial charge is 0.494 e. The van der Waals surface area contributed by atoms with Gasteiger partial charge in [0.15, 0.2) is 0 Å². The molecule has 2 aromatic carbocycles. The van der Waals surface area contributed by atoms with Crippen molar-refractivity contribution < 1.29 is 22.7 Å². The zero-order valence-electron chi connectivity index (χ0n) is 13.7. The van der Waals surface area contributed by atoms with Crippen molar-refractivity contribution in [2.24, 2.45) is 0 Å². The molecule has 0 fully saturated rings. The van der Waals surface area contributed by atoms with Crippen molar-refractivity contribution in [1.82, 2.24) is 0 Å². The quantitative estimate of drug-likeness (QED) is 0.769. The van der Waals surface area contributed by atoms with Crippen molar-refractivity contribution in [3.63, 3.8) is 0 Å². The molecule has 0 spiro atoms. The molecule has 4 nitrogen and oxygen atoms in total. The van der Waals surface area contributed by atoms with Crippen LogP contribution in [0, 0.1) is 0 Å². The first kappa shape index (κ1) is 18.6. The van der Waals surface area contributed by atoms with Crippen LogP contribution in [0.5, 0.6) is 5.75 Å². The Hall–Kier alpha value is -2.70. The van der Waals surface area contributed by atoms with Crippen LogP contribution in [0.15, 0.2) is 48.5 Å². The number of rotatable bonds is 7. The van der Waals surface area contributed by atoms with Gasteiger partial charge in [0.1, 0.15) is 5.75 Å². The Bertz CT molecular complexity index is 717. The summed E-state index contributed by atoms with van der Waals surface area (Å²) in [6.45, 7) is 2.52. The van der Waals surface area contributed by atoms with Gasteiger partial charge in [-0.3, -0.25) is 4.79 Å². The van der Waals surface area contributed by atoms with Crippen LogP contribution in [-0.4, -0.2) is 19.1 Å². The number of ether oxygens (including phenoxy) is 1. The van der Waals surface area contributed by atoms with Crippen LogP contribution >= 0.6 is 0 Å². The van der Waals surface area contributed by atoms with E-state index in [2.05, 4.69) is 10.6 Å². The number of alkyl halides is 3. The van der Waals surface area contributed by atoms with Crippen LogP contribution in [0.25, 0.3) is 0 Å². The number of carbonyl (C=O) groups is 1. The number of halogens is 3. The lowest BCUT2D eigenvalue weighted by Crippen LogP contribution is -2.22. The summed E-state index contributed by atoms with van der Waals surface area (Å²) in [5.74, 6) is 0.240. The van der Waals surface area contributed by atoms with Gasteiger partial charge in [-0.25, -0.2) is 0 Å². The summed E-state index contributed by atoms with van der Waals surface area (Å²) in [6, 6.07) is 11.6. The third-order valence-electron chi connectivity index (χ3n) is 3.23. The topological polar surface area (TPSA) is 50.4 Å². The SMILES string of the molecule is CCCOc1cccc(NCC(=O)Nc2cccc(C(F)(F)F)c2)c1. The first-order chi connectivity index (χ1) is 11.9. The molecule has 0 aliphatic rings. The van der Waals surface area contributed by atoms with Crippen LogP contribution in [0.1, 0.15) is 18.9 Å². The predicted octanol–water partition coefficient (Wildman–Crippen LogP) is 4.54. The minimum absolute atomic E-state index is 0.0759. The average Bonchev–Trinajstić information content (AvgIpc) is 2.58. The fourth-order valence-corrected chi connectivity index (χ4v) is 2.08. The third kappa shape index (κ3) is 6.02. The number of nitrogens with one attached hydrogen (secondary N) is 2. The standard InChI is InChI=1S/C18H19F3N2O2/c1-2-9-25-16-8-4-6-14(11-16)22-12-17(24)23-15-7-3-5-13(10-15)18(19,20)21/h3-8,10-11,22H,2,9,12H2,1H3,(H,23,24). The highest BCUT2D eigenvalue weighted by Gasteiger charge is 2.30. The molecule has 0 saturated carbocycles. The molecule has 134 valence electrons. The maximum Gasteiger partial charge on any atom is 0.416 e. The van der Waals surface area contributed by atoms with E-state index in [0.717, 1.165) is 18.6 Å². The van der Waals surface area contributed by atoms with E-state index >= 15 is 0 Å². The van der Waals surface area contributed by atoms with Gasteiger partial charge >= 0.3 is 6.18 Å². The van der Waals surface area contributed by atoms with Gasteiger partial charge in [-0.15, -0.1) is 0 Å². The van der Waals surface area contributed by atoms with Gasteiger partial charge in [-0.1, -0.05) is 19.1 Å². The van der Waals surface area contributed by atoms with Gasteiger partial charge in [0, 0.05) is 17.4 Å². The highest BCUT2D eigenvalue weighted by molar-refractivity contribution is 5.93. The van der Waals surface area contributed by atoms with Gasteiger partial charge in [-0.2, -0.15) is 13.2 Å². The lowest BCUT2D eigenvalue weighted by molar-refractivity contribution is -0.137. The van der Waals surface area contributed by atoms with E-state index in [9.17, 15) is 18.0 Å². The minimum Gasteiger partial charge on any atom is -0.494 e. The molecular weight excluding hydrogens is 333 g/mol. The van der Waals surface area contributed by atoms with Crippen molar-refractivity contribution in [3.8, 4) is 5.75 Å². The van der Waals surface area contributed by atoms with Crippen LogP contribution < -0.4 is 15.4 Å². The Morgan fingerprint density at radius 3 is 2.52 bits per heavy atom. The maximum absolute atomic E-state index is 12.7. The molecule has 2 rings (SSSR count). The number of hydrogen-bond acceptors (Lipinski definition) is 3. The second kappa shape index (κ2) is 8.41. The second-order valence-corrected chi connectivity index (χ2v) is 5.36. The third-order valence-corrected chi connectivity index (χ3v) is 3.23. The van der Waals surface area contributed by atoms with Gasteiger partial charge in [-0.05, 0) is 36.8 Å². The normalized spacial score (nSPS) is 11.0. The molecule has 1 amide bonds. The van der Waals surface area contributed by atoms with Gasteiger partial charge in [0.2, 0.25) is 5.91 Å². The smallest absolute Gasteiger partial charge is 0.416 e. The molecule has 0 radical (unpaired) electrons. The second-order valence-electron chi connectivity index (χ2n) is 5.36. The molecule has 0 heterocycles. The van der Waals surface area contributed by atoms with Crippen LogP contribution in [0.2, 0.25) is 0 Å². The van der Waals surface area contributed by atoms with Crippen LogP contribution in [0.4, 0.5) is 24.5 Å². The summed E-state index contributed by atoms with van der Waals surface area (Å²) in [5, 5.41) is 5.35. The molecule has 0 aromatic heterocycles. The zero-order chi connectivity index (χ0) is 18.3.